The number of hydrogen-bond acceptors (Lipinski definition) is 3. The monoisotopic (exact) mass is 291 g/mol. The Balaban J connectivity index is 2.45. The molecule has 0 fully saturated rings. The highest BCUT2D eigenvalue weighted by molar-refractivity contribution is 6.42. The van der Waals surface area contributed by atoms with Gasteiger partial charge in [-0.3, -0.25) is 0 Å². The zero-order valence-corrected chi connectivity index (χ0v) is 11.1. The molecule has 0 amide bonds. The maximum Gasteiger partial charge on any atom is 0.174 e. The largest absolute Gasteiger partial charge is 0.476 e. The number of ether oxygens (including phenoxy) is 1. The van der Waals surface area contributed by atoms with Crippen molar-refractivity contribution >= 4 is 23.2 Å². The van der Waals surface area contributed by atoms with Crippen LogP contribution in [0, 0.1) is 22.7 Å². The summed E-state index contributed by atoms with van der Waals surface area (Å²) in [6, 6.07) is 8.95. The Bertz CT molecular complexity index is 695. The Hall–Kier alpha value is -2.14. The van der Waals surface area contributed by atoms with Crippen LogP contribution in [-0.2, 0) is 0 Å². The topological polar surface area (TPSA) is 72.6 Å². The lowest BCUT2D eigenvalue weighted by molar-refractivity contribution is 0.368. The van der Waals surface area contributed by atoms with E-state index in [2.05, 4.69) is 4.98 Å². The van der Waals surface area contributed by atoms with Gasteiger partial charge in [-0.25, -0.2) is 0 Å². The van der Waals surface area contributed by atoms with Crippen molar-refractivity contribution in [3.63, 3.8) is 0 Å². The summed E-state index contributed by atoms with van der Waals surface area (Å²) >= 11 is 11.8. The van der Waals surface area contributed by atoms with Gasteiger partial charge in [-0.2, -0.15) is 10.5 Å². The first kappa shape index (κ1) is 13.3. The number of aromatic nitrogens is 1. The molecule has 0 aliphatic carbocycles. The fraction of sp³-hybridized carbons (Fsp3) is 0.0769. The molecular formula is C13H7Cl2N3O. The number of hydrogen-bond donors (Lipinski definition) is 1. The van der Waals surface area contributed by atoms with Crippen LogP contribution in [0.2, 0.25) is 10.0 Å². The molecule has 0 aliphatic rings. The second-order valence-corrected chi connectivity index (χ2v) is 4.40. The van der Waals surface area contributed by atoms with E-state index in [0.29, 0.717) is 27.1 Å². The van der Waals surface area contributed by atoms with Crippen molar-refractivity contribution in [1.29, 1.82) is 10.5 Å². The number of benzene rings is 1. The number of halogens is 2. The van der Waals surface area contributed by atoms with Gasteiger partial charge < -0.3 is 9.72 Å². The maximum absolute atomic E-state index is 9.18. The minimum absolute atomic E-state index is 0.118. The smallest absolute Gasteiger partial charge is 0.174 e. The van der Waals surface area contributed by atoms with Crippen molar-refractivity contribution in [3.8, 4) is 29.1 Å². The number of nitrogens with zero attached hydrogens (tertiary/aromatic N) is 2. The average Bonchev–Trinajstić information content (AvgIpc) is 2.82. The zero-order chi connectivity index (χ0) is 13.8. The number of aromatic amines is 1. The van der Waals surface area contributed by atoms with Crippen LogP contribution < -0.4 is 4.74 Å². The first-order valence-corrected chi connectivity index (χ1v) is 5.99. The summed E-state index contributed by atoms with van der Waals surface area (Å²) in [6.07, 6.45) is 1.54. The quantitative estimate of drug-likeness (QED) is 0.936. The third-order valence-electron chi connectivity index (χ3n) is 2.46. The van der Waals surface area contributed by atoms with Gasteiger partial charge in [0.15, 0.2) is 12.4 Å². The predicted molar refractivity (Wildman–Crippen MR) is 72.1 cm³/mol. The van der Waals surface area contributed by atoms with Crippen molar-refractivity contribution in [3.05, 3.63) is 40.0 Å². The average molecular weight is 292 g/mol. The van der Waals surface area contributed by atoms with Gasteiger partial charge in [0.25, 0.3) is 0 Å². The molecular weight excluding hydrogens is 285 g/mol. The van der Waals surface area contributed by atoms with Gasteiger partial charge in [-0.1, -0.05) is 29.3 Å². The lowest BCUT2D eigenvalue weighted by Crippen LogP contribution is -1.93. The van der Waals surface area contributed by atoms with Crippen molar-refractivity contribution in [1.82, 2.24) is 4.98 Å². The van der Waals surface area contributed by atoms with Gasteiger partial charge in [-0.15, -0.1) is 0 Å². The van der Waals surface area contributed by atoms with Gasteiger partial charge >= 0.3 is 0 Å². The van der Waals surface area contributed by atoms with Gasteiger partial charge in [-0.05, 0) is 12.1 Å². The van der Waals surface area contributed by atoms with Gasteiger partial charge in [0.1, 0.15) is 17.7 Å². The maximum atomic E-state index is 9.18. The van der Waals surface area contributed by atoms with Crippen molar-refractivity contribution in [2.24, 2.45) is 0 Å². The fourth-order valence-electron chi connectivity index (χ4n) is 1.62. The molecule has 6 heteroatoms. The highest BCUT2D eigenvalue weighted by atomic mass is 35.5. The SMILES string of the molecule is N#CCOc1c[nH]c(-c2ccc(Cl)c(Cl)c2)c1C#N. The molecule has 0 aliphatic heterocycles. The molecule has 0 spiro atoms. The fourth-order valence-corrected chi connectivity index (χ4v) is 1.92. The van der Waals surface area contributed by atoms with E-state index >= 15 is 0 Å². The normalized spacial score (nSPS) is 9.68. The second-order valence-electron chi connectivity index (χ2n) is 3.59. The van der Waals surface area contributed by atoms with Crippen LogP contribution in [0.25, 0.3) is 11.3 Å². The Morgan fingerprint density at radius 2 is 2.00 bits per heavy atom. The summed E-state index contributed by atoms with van der Waals surface area (Å²) in [7, 11) is 0. The van der Waals surface area contributed by atoms with E-state index in [1.54, 1.807) is 18.2 Å². The van der Waals surface area contributed by atoms with Crippen molar-refractivity contribution in [2.75, 3.05) is 6.61 Å². The molecule has 94 valence electrons. The number of rotatable bonds is 3. The molecule has 0 saturated heterocycles. The van der Waals surface area contributed by atoms with E-state index in [4.69, 9.17) is 33.2 Å². The van der Waals surface area contributed by atoms with Crippen molar-refractivity contribution in [2.45, 2.75) is 0 Å². The van der Waals surface area contributed by atoms with E-state index in [1.165, 1.54) is 6.20 Å². The third-order valence-corrected chi connectivity index (χ3v) is 3.20. The molecule has 0 atom stereocenters. The lowest BCUT2D eigenvalue weighted by atomic mass is 10.1. The van der Waals surface area contributed by atoms with E-state index in [0.717, 1.165) is 5.56 Å². The van der Waals surface area contributed by atoms with Crippen molar-refractivity contribution < 1.29 is 4.74 Å². The Labute approximate surface area is 119 Å². The minimum Gasteiger partial charge on any atom is -0.476 e. The van der Waals surface area contributed by atoms with Gasteiger partial charge in [0, 0.05) is 11.8 Å². The van der Waals surface area contributed by atoms with Crippen LogP contribution in [0.5, 0.6) is 5.75 Å². The Morgan fingerprint density at radius 1 is 1.21 bits per heavy atom. The number of nitrogens with one attached hydrogen (secondary N) is 1. The molecule has 1 aromatic heterocycles. The van der Waals surface area contributed by atoms with E-state index in [9.17, 15) is 5.26 Å². The van der Waals surface area contributed by atoms with E-state index in [1.807, 2.05) is 12.1 Å². The molecule has 0 radical (unpaired) electrons. The van der Waals surface area contributed by atoms with Crippen LogP contribution in [0.15, 0.2) is 24.4 Å². The molecule has 1 N–H and O–H groups in total. The summed E-state index contributed by atoms with van der Waals surface area (Å²) in [5, 5.41) is 18.5. The standard InChI is InChI=1S/C13H7Cl2N3O/c14-10-2-1-8(5-11(10)15)13-9(6-17)12(7-18-13)19-4-3-16/h1-2,5,7,18H,4H2. The van der Waals surface area contributed by atoms with Crippen LogP contribution in [0.1, 0.15) is 5.56 Å². The molecule has 19 heavy (non-hydrogen) atoms. The molecule has 2 aromatic rings. The Morgan fingerprint density at radius 3 is 2.63 bits per heavy atom. The van der Waals surface area contributed by atoms with E-state index < -0.39 is 0 Å². The molecule has 1 heterocycles. The number of H-pyrrole nitrogens is 1. The summed E-state index contributed by atoms with van der Waals surface area (Å²) in [6.45, 7) is -0.118. The molecule has 2 rings (SSSR count). The summed E-state index contributed by atoms with van der Waals surface area (Å²) in [5.74, 6) is 0.338. The summed E-state index contributed by atoms with van der Waals surface area (Å²) < 4.78 is 5.16. The van der Waals surface area contributed by atoms with Gasteiger partial charge in [0.2, 0.25) is 0 Å². The first-order valence-electron chi connectivity index (χ1n) is 5.24. The molecule has 4 nitrogen and oxygen atoms in total. The summed E-state index contributed by atoms with van der Waals surface area (Å²) in [4.78, 5) is 2.94. The van der Waals surface area contributed by atoms with Crippen LogP contribution in [-0.4, -0.2) is 11.6 Å². The molecule has 0 unspecified atom stereocenters. The predicted octanol–water partition coefficient (Wildman–Crippen LogP) is 3.76. The zero-order valence-electron chi connectivity index (χ0n) is 9.58. The summed E-state index contributed by atoms with van der Waals surface area (Å²) in [5.41, 5.74) is 1.63. The highest BCUT2D eigenvalue weighted by Gasteiger charge is 2.14. The van der Waals surface area contributed by atoms with Crippen LogP contribution in [0.4, 0.5) is 0 Å². The Kier molecular flexibility index (Phi) is 3.97. The van der Waals surface area contributed by atoms with Gasteiger partial charge in [0.05, 0.1) is 15.7 Å². The van der Waals surface area contributed by atoms with Crippen LogP contribution >= 0.6 is 23.2 Å². The minimum atomic E-state index is -0.118. The second kappa shape index (κ2) is 5.67. The number of nitriles is 2. The molecule has 0 saturated carbocycles. The highest BCUT2D eigenvalue weighted by Crippen LogP contribution is 2.33. The third kappa shape index (κ3) is 2.66. The van der Waals surface area contributed by atoms with Crippen LogP contribution in [0.3, 0.4) is 0 Å². The molecule has 1 aromatic carbocycles. The van der Waals surface area contributed by atoms with E-state index in [-0.39, 0.29) is 6.61 Å². The first-order chi connectivity index (χ1) is 9.17. The molecule has 0 bridgehead atoms. The lowest BCUT2D eigenvalue weighted by Gasteiger charge is -2.02.